The average Bonchev–Trinajstić information content (AvgIpc) is 2.76. The molecule has 3 rings (SSSR count). The molecule has 0 aliphatic carbocycles. The van der Waals surface area contributed by atoms with Crippen molar-refractivity contribution in [3.05, 3.63) is 82.3 Å². The van der Waals surface area contributed by atoms with Crippen molar-refractivity contribution in [3.63, 3.8) is 0 Å². The largest absolute Gasteiger partial charge is 0.495 e. The molecule has 0 radical (unpaired) electrons. The summed E-state index contributed by atoms with van der Waals surface area (Å²) in [4.78, 5) is 12.5. The summed E-state index contributed by atoms with van der Waals surface area (Å²) >= 11 is 12.5. The van der Waals surface area contributed by atoms with Gasteiger partial charge in [0.05, 0.1) is 23.1 Å². The van der Waals surface area contributed by atoms with Crippen LogP contribution in [-0.2, 0) is 10.0 Å². The predicted molar refractivity (Wildman–Crippen MR) is 127 cm³/mol. The molecule has 1 atom stereocenters. The number of ether oxygens (including phenoxy) is 1. The second-order valence-corrected chi connectivity index (χ2v) is 9.24. The van der Waals surface area contributed by atoms with Crippen LogP contribution in [0.5, 0.6) is 5.75 Å². The molecule has 0 aliphatic heterocycles. The number of amides is 2. The minimum absolute atomic E-state index is 0.0698. The third kappa shape index (κ3) is 5.64. The van der Waals surface area contributed by atoms with Gasteiger partial charge in [-0.3, -0.25) is 4.72 Å². The van der Waals surface area contributed by atoms with E-state index in [0.29, 0.717) is 27.7 Å². The molecule has 168 valence electrons. The Balaban J connectivity index is 1.64. The summed E-state index contributed by atoms with van der Waals surface area (Å²) in [6.07, 6.45) is 0. The van der Waals surface area contributed by atoms with Gasteiger partial charge < -0.3 is 15.4 Å². The van der Waals surface area contributed by atoms with Crippen LogP contribution in [0.3, 0.4) is 0 Å². The van der Waals surface area contributed by atoms with Gasteiger partial charge in [0.15, 0.2) is 0 Å². The number of benzene rings is 3. The molecule has 0 saturated carbocycles. The Kier molecular flexibility index (Phi) is 7.50. The summed E-state index contributed by atoms with van der Waals surface area (Å²) in [7, 11) is -2.26. The van der Waals surface area contributed by atoms with Gasteiger partial charge in [0, 0.05) is 11.4 Å². The zero-order chi connectivity index (χ0) is 23.3. The van der Waals surface area contributed by atoms with Gasteiger partial charge in [0.2, 0.25) is 0 Å². The molecule has 0 aliphatic rings. The van der Waals surface area contributed by atoms with Crippen LogP contribution in [0.1, 0.15) is 18.5 Å². The first-order valence-corrected chi connectivity index (χ1v) is 11.7. The summed E-state index contributed by atoms with van der Waals surface area (Å²) in [5.74, 6) is 0.439. The minimum Gasteiger partial charge on any atom is -0.495 e. The van der Waals surface area contributed by atoms with Crippen LogP contribution >= 0.6 is 23.2 Å². The first kappa shape index (κ1) is 23.7. The van der Waals surface area contributed by atoms with E-state index in [1.165, 1.54) is 31.4 Å². The average molecular weight is 494 g/mol. The molecule has 3 N–H and O–H groups in total. The van der Waals surface area contributed by atoms with E-state index in [1.54, 1.807) is 49.4 Å². The third-order valence-electron chi connectivity index (χ3n) is 4.56. The van der Waals surface area contributed by atoms with Crippen molar-refractivity contribution < 1.29 is 17.9 Å². The number of carbonyl (C=O) groups excluding carboxylic acids is 1. The number of hydrogen-bond acceptors (Lipinski definition) is 4. The second-order valence-electron chi connectivity index (χ2n) is 6.80. The molecule has 32 heavy (non-hydrogen) atoms. The molecule has 2 amide bonds. The summed E-state index contributed by atoms with van der Waals surface area (Å²) in [5, 5.41) is 5.98. The molecule has 0 spiro atoms. The zero-order valence-corrected chi connectivity index (χ0v) is 19.6. The Morgan fingerprint density at radius 3 is 2.19 bits per heavy atom. The molecule has 3 aromatic rings. The topological polar surface area (TPSA) is 96.5 Å². The van der Waals surface area contributed by atoms with E-state index < -0.39 is 22.1 Å². The van der Waals surface area contributed by atoms with Gasteiger partial charge in [-0.05, 0) is 55.0 Å². The normalized spacial score (nSPS) is 12.0. The Hall–Kier alpha value is -2.94. The van der Waals surface area contributed by atoms with E-state index in [0.717, 1.165) is 0 Å². The number of sulfonamides is 1. The van der Waals surface area contributed by atoms with Crippen molar-refractivity contribution >= 4 is 50.6 Å². The quantitative estimate of drug-likeness (QED) is 0.394. The molecule has 0 fully saturated rings. The van der Waals surface area contributed by atoms with Gasteiger partial charge in [0.1, 0.15) is 10.8 Å². The molecule has 3 aromatic carbocycles. The van der Waals surface area contributed by atoms with Crippen molar-refractivity contribution in [3.8, 4) is 5.75 Å². The zero-order valence-electron chi connectivity index (χ0n) is 17.2. The number of para-hydroxylation sites is 1. The molecule has 10 heteroatoms. The van der Waals surface area contributed by atoms with Gasteiger partial charge in [-0.15, -0.1) is 0 Å². The maximum atomic E-state index is 12.5. The highest BCUT2D eigenvalue weighted by molar-refractivity contribution is 7.92. The lowest BCUT2D eigenvalue weighted by atomic mass is 10.1. The van der Waals surface area contributed by atoms with Gasteiger partial charge in [-0.25, -0.2) is 13.2 Å². The number of rotatable bonds is 7. The molecule has 7 nitrogen and oxygen atoms in total. The van der Waals surface area contributed by atoms with E-state index >= 15 is 0 Å². The van der Waals surface area contributed by atoms with Crippen molar-refractivity contribution in [2.24, 2.45) is 0 Å². The second kappa shape index (κ2) is 10.1. The lowest BCUT2D eigenvalue weighted by molar-refractivity contribution is 0.249. The van der Waals surface area contributed by atoms with E-state index in [-0.39, 0.29) is 9.92 Å². The van der Waals surface area contributed by atoms with Crippen molar-refractivity contribution in [1.82, 2.24) is 5.32 Å². The number of carbonyl (C=O) groups is 1. The number of nitrogens with one attached hydrogen (secondary N) is 3. The third-order valence-corrected chi connectivity index (χ3v) is 6.84. The van der Waals surface area contributed by atoms with E-state index in [4.69, 9.17) is 27.9 Å². The highest BCUT2D eigenvalue weighted by Gasteiger charge is 2.18. The van der Waals surface area contributed by atoms with Gasteiger partial charge in [-0.2, -0.15) is 0 Å². The SMILES string of the molecule is COc1ccc([C@H](C)NC(=O)Nc2ccc(S(=O)(=O)Nc3ccccc3)cc2)c(Cl)c1Cl. The number of anilines is 2. The molecule has 0 aromatic heterocycles. The van der Waals surface area contributed by atoms with E-state index in [2.05, 4.69) is 15.4 Å². The number of halogens is 2. The van der Waals surface area contributed by atoms with Gasteiger partial charge in [-0.1, -0.05) is 47.5 Å². The first-order chi connectivity index (χ1) is 15.2. The Morgan fingerprint density at radius 1 is 0.906 bits per heavy atom. The fourth-order valence-corrected chi connectivity index (χ4v) is 4.55. The highest BCUT2D eigenvalue weighted by Crippen LogP contribution is 2.37. The lowest BCUT2D eigenvalue weighted by Gasteiger charge is -2.18. The lowest BCUT2D eigenvalue weighted by Crippen LogP contribution is -2.31. The number of urea groups is 1. The summed E-state index contributed by atoms with van der Waals surface area (Å²) < 4.78 is 32.6. The van der Waals surface area contributed by atoms with Crippen molar-refractivity contribution in [1.29, 1.82) is 0 Å². The maximum absolute atomic E-state index is 12.5. The number of methoxy groups -OCH3 is 1. The smallest absolute Gasteiger partial charge is 0.319 e. The first-order valence-electron chi connectivity index (χ1n) is 9.48. The summed E-state index contributed by atoms with van der Waals surface area (Å²) in [6, 6.07) is 16.8. The monoisotopic (exact) mass is 493 g/mol. The maximum Gasteiger partial charge on any atom is 0.319 e. The predicted octanol–water partition coefficient (Wildman–Crippen LogP) is 5.69. The van der Waals surface area contributed by atoms with Crippen LogP contribution in [0.2, 0.25) is 10.0 Å². The van der Waals surface area contributed by atoms with Crippen molar-refractivity contribution in [2.45, 2.75) is 17.9 Å². The Bertz CT molecular complexity index is 1200. The van der Waals surface area contributed by atoms with Gasteiger partial charge >= 0.3 is 6.03 Å². The molecule has 0 bridgehead atoms. The van der Waals surface area contributed by atoms with Crippen LogP contribution in [0, 0.1) is 0 Å². The highest BCUT2D eigenvalue weighted by atomic mass is 35.5. The number of hydrogen-bond donors (Lipinski definition) is 3. The Labute approximate surface area is 196 Å². The summed E-state index contributed by atoms with van der Waals surface area (Å²) in [6.45, 7) is 1.76. The molecule has 0 heterocycles. The summed E-state index contributed by atoms with van der Waals surface area (Å²) in [5.41, 5.74) is 1.51. The van der Waals surface area contributed by atoms with E-state index in [9.17, 15) is 13.2 Å². The van der Waals surface area contributed by atoms with Crippen LogP contribution in [-0.4, -0.2) is 21.6 Å². The minimum atomic E-state index is -3.74. The van der Waals surface area contributed by atoms with Crippen LogP contribution in [0.15, 0.2) is 71.6 Å². The molecular formula is C22H21Cl2N3O4S. The Morgan fingerprint density at radius 2 is 1.56 bits per heavy atom. The molecular weight excluding hydrogens is 473 g/mol. The van der Waals surface area contributed by atoms with E-state index in [1.807, 2.05) is 0 Å². The fourth-order valence-electron chi connectivity index (χ4n) is 2.92. The van der Waals surface area contributed by atoms with Crippen molar-refractivity contribution in [2.75, 3.05) is 17.1 Å². The van der Waals surface area contributed by atoms with Crippen LogP contribution < -0.4 is 20.1 Å². The van der Waals surface area contributed by atoms with Crippen LogP contribution in [0.4, 0.5) is 16.2 Å². The van der Waals surface area contributed by atoms with Crippen LogP contribution in [0.25, 0.3) is 0 Å². The molecule has 0 unspecified atom stereocenters. The standard InChI is InChI=1S/C22H21Cl2N3O4S/c1-14(18-12-13-19(31-2)21(24)20(18)23)25-22(28)26-15-8-10-17(11-9-15)32(29,30)27-16-6-4-3-5-7-16/h3-14,27H,1-2H3,(H2,25,26,28)/t14-/m0/s1. The fraction of sp³-hybridized carbons (Fsp3) is 0.136. The van der Waals surface area contributed by atoms with Gasteiger partial charge in [0.25, 0.3) is 10.0 Å². The molecule has 0 saturated heterocycles.